The predicted octanol–water partition coefficient (Wildman–Crippen LogP) is 0.0620. The quantitative estimate of drug-likeness (QED) is 0.218. The van der Waals surface area contributed by atoms with Gasteiger partial charge in [-0.3, -0.25) is 15.2 Å². The molecule has 1 aliphatic carbocycles. The molecule has 2 unspecified atom stereocenters. The van der Waals surface area contributed by atoms with Crippen molar-refractivity contribution in [2.24, 2.45) is 16.6 Å². The van der Waals surface area contributed by atoms with Crippen LogP contribution >= 0.6 is 0 Å². The third-order valence-electron chi connectivity index (χ3n) is 4.61. The molecule has 1 aromatic rings. The summed E-state index contributed by atoms with van der Waals surface area (Å²) in [5.41, 5.74) is 10.5. The molecule has 26 heavy (non-hydrogen) atoms. The van der Waals surface area contributed by atoms with E-state index in [-0.39, 0.29) is 12.0 Å². The van der Waals surface area contributed by atoms with Gasteiger partial charge in [0.2, 0.25) is 5.91 Å². The van der Waals surface area contributed by atoms with Crippen LogP contribution in [0.4, 0.5) is 5.69 Å². The van der Waals surface area contributed by atoms with Gasteiger partial charge >= 0.3 is 7.12 Å². The Morgan fingerprint density at radius 2 is 2.38 bits per heavy atom. The number of primary amides is 1. The van der Waals surface area contributed by atoms with E-state index >= 15 is 0 Å². The molecule has 1 aliphatic heterocycles. The van der Waals surface area contributed by atoms with Gasteiger partial charge in [-0.2, -0.15) is 5.26 Å². The maximum absolute atomic E-state index is 11.1. The number of fused-ring (bicyclic) bond motifs is 1. The zero-order chi connectivity index (χ0) is 18.5. The number of nitrogens with one attached hydrogen (secondary N) is 1. The van der Waals surface area contributed by atoms with Crippen molar-refractivity contribution < 1.29 is 14.5 Å². The summed E-state index contributed by atoms with van der Waals surface area (Å²) in [6, 6.07) is 7.71. The van der Waals surface area contributed by atoms with Crippen LogP contribution in [0.5, 0.6) is 0 Å². The molecule has 0 spiro atoms. The van der Waals surface area contributed by atoms with Gasteiger partial charge in [0.05, 0.1) is 30.3 Å². The summed E-state index contributed by atoms with van der Waals surface area (Å²) in [7, 11) is -0.919. The van der Waals surface area contributed by atoms with Crippen molar-refractivity contribution in [1.29, 1.82) is 5.26 Å². The highest BCUT2D eigenvalue weighted by Gasteiger charge is 2.31. The van der Waals surface area contributed by atoms with E-state index in [1.54, 1.807) is 11.1 Å². The largest absolute Gasteiger partial charge is 0.491 e. The van der Waals surface area contributed by atoms with Gasteiger partial charge in [-0.25, -0.2) is 4.99 Å². The molecule has 8 nitrogen and oxygen atoms in total. The predicted molar refractivity (Wildman–Crippen MR) is 97.0 cm³/mol. The second-order valence-electron chi connectivity index (χ2n) is 6.29. The van der Waals surface area contributed by atoms with Gasteiger partial charge in [0.25, 0.3) is 0 Å². The van der Waals surface area contributed by atoms with Gasteiger partial charge < -0.3 is 15.4 Å². The van der Waals surface area contributed by atoms with Crippen LogP contribution in [0.25, 0.3) is 0 Å². The average Bonchev–Trinajstić information content (AvgIpc) is 3.24. The lowest BCUT2D eigenvalue weighted by atomic mass is 9.79. The van der Waals surface area contributed by atoms with Crippen LogP contribution in [0.2, 0.25) is 0 Å². The number of amides is 1. The highest BCUT2D eigenvalue weighted by molar-refractivity contribution is 6.61. The number of hydrazine groups is 1. The van der Waals surface area contributed by atoms with Crippen LogP contribution in [0.3, 0.4) is 0 Å². The zero-order valence-corrected chi connectivity index (χ0v) is 14.2. The second kappa shape index (κ2) is 8.04. The van der Waals surface area contributed by atoms with E-state index in [9.17, 15) is 15.1 Å². The molecule has 1 heterocycles. The summed E-state index contributed by atoms with van der Waals surface area (Å²) in [6.45, 7) is 0.391. The van der Waals surface area contributed by atoms with Crippen LogP contribution in [0.1, 0.15) is 24.8 Å². The van der Waals surface area contributed by atoms with Crippen molar-refractivity contribution >= 4 is 30.5 Å². The molecule has 1 fully saturated rings. The van der Waals surface area contributed by atoms with Gasteiger partial charge in [0, 0.05) is 12.3 Å². The van der Waals surface area contributed by atoms with E-state index in [4.69, 9.17) is 10.4 Å². The molecule has 0 saturated heterocycles. The number of nitriles is 1. The van der Waals surface area contributed by atoms with Crippen molar-refractivity contribution in [1.82, 2.24) is 10.4 Å². The third kappa shape index (κ3) is 4.04. The van der Waals surface area contributed by atoms with Crippen LogP contribution in [-0.4, -0.2) is 35.4 Å². The number of carbonyl (C=O) groups is 1. The first kappa shape index (κ1) is 18.0. The number of hydrogen-bond acceptors (Lipinski definition) is 6. The normalized spacial score (nSPS) is 21.9. The van der Waals surface area contributed by atoms with Gasteiger partial charge in [-0.15, -0.1) is 0 Å². The van der Waals surface area contributed by atoms with Gasteiger partial charge in [-0.1, -0.05) is 6.07 Å². The topological polar surface area (TPSA) is 124 Å². The Morgan fingerprint density at radius 1 is 1.54 bits per heavy atom. The lowest BCUT2D eigenvalue weighted by Crippen LogP contribution is -2.43. The Morgan fingerprint density at radius 3 is 3.15 bits per heavy atom. The van der Waals surface area contributed by atoms with Gasteiger partial charge in [-0.05, 0) is 42.4 Å². The van der Waals surface area contributed by atoms with Crippen LogP contribution < -0.4 is 16.6 Å². The van der Waals surface area contributed by atoms with Crippen molar-refractivity contribution in [3.05, 3.63) is 36.0 Å². The summed E-state index contributed by atoms with van der Waals surface area (Å²) in [5, 5.41) is 20.7. The van der Waals surface area contributed by atoms with Crippen molar-refractivity contribution in [2.75, 3.05) is 0 Å². The summed E-state index contributed by atoms with van der Waals surface area (Å²) >= 11 is 0. The molecule has 4 N–H and O–H groups in total. The smallest absolute Gasteiger partial charge is 0.423 e. The second-order valence-corrected chi connectivity index (χ2v) is 6.29. The minimum absolute atomic E-state index is 0.0581. The van der Waals surface area contributed by atoms with Crippen LogP contribution in [-0.2, 0) is 16.1 Å². The molecule has 134 valence electrons. The maximum atomic E-state index is 11.1. The number of rotatable bonds is 6. The van der Waals surface area contributed by atoms with Gasteiger partial charge in [0.1, 0.15) is 6.34 Å². The lowest BCUT2D eigenvalue weighted by Gasteiger charge is -2.28. The number of hydrogen-bond donors (Lipinski definition) is 3. The molecule has 1 aromatic carbocycles. The molecule has 0 bridgehead atoms. The highest BCUT2D eigenvalue weighted by Crippen LogP contribution is 2.28. The average molecular weight is 353 g/mol. The van der Waals surface area contributed by atoms with E-state index < -0.39 is 13.0 Å². The molecule has 9 heteroatoms. The van der Waals surface area contributed by atoms with Crippen molar-refractivity contribution in [2.45, 2.75) is 31.9 Å². The first-order chi connectivity index (χ1) is 12.6. The molecule has 0 aromatic heterocycles. The Labute approximate surface area is 152 Å². The number of aliphatic imine (C=N–C) groups is 1. The highest BCUT2D eigenvalue weighted by atomic mass is 16.5. The number of nitrogens with zero attached hydrogens (tertiary/aromatic N) is 3. The molecule has 0 radical (unpaired) electrons. The van der Waals surface area contributed by atoms with E-state index in [0.717, 1.165) is 24.8 Å². The summed E-state index contributed by atoms with van der Waals surface area (Å²) in [4.78, 5) is 15.4. The van der Waals surface area contributed by atoms with Crippen molar-refractivity contribution in [3.63, 3.8) is 0 Å². The minimum atomic E-state index is -0.919. The first-order valence-electron chi connectivity index (χ1n) is 8.45. The molecule has 1 amide bonds. The van der Waals surface area contributed by atoms with E-state index in [1.807, 2.05) is 12.1 Å². The molecular formula is C17H20BN5O3. The Balaban J connectivity index is 1.71. The van der Waals surface area contributed by atoms with E-state index in [0.29, 0.717) is 17.8 Å². The van der Waals surface area contributed by atoms with Crippen LogP contribution in [0, 0.1) is 17.2 Å². The Kier molecular flexibility index (Phi) is 5.56. The maximum Gasteiger partial charge on any atom is 0.491 e. The monoisotopic (exact) mass is 353 g/mol. The van der Waals surface area contributed by atoms with Crippen LogP contribution in [0.15, 0.2) is 35.5 Å². The van der Waals surface area contributed by atoms with E-state index in [2.05, 4.69) is 16.5 Å². The van der Waals surface area contributed by atoms with Crippen molar-refractivity contribution in [3.8, 4) is 6.07 Å². The third-order valence-corrected chi connectivity index (χ3v) is 4.61. The minimum Gasteiger partial charge on any atom is -0.423 e. The zero-order valence-electron chi connectivity index (χ0n) is 14.2. The first-order valence-corrected chi connectivity index (χ1v) is 8.45. The number of nitrogens with two attached hydrogens (primary N) is 1. The Bertz CT molecular complexity index is 776. The van der Waals surface area contributed by atoms with Gasteiger partial charge in [0.15, 0.2) is 0 Å². The number of benzene rings is 1. The molecule has 2 atom stereocenters. The lowest BCUT2D eigenvalue weighted by molar-refractivity contribution is -0.113. The molecule has 2 aliphatic rings. The summed E-state index contributed by atoms with van der Waals surface area (Å²) in [6.07, 6.45) is 6.88. The molecular weight excluding hydrogens is 333 g/mol. The fraction of sp³-hybridized carbons (Fsp3) is 0.353. The summed E-state index contributed by atoms with van der Waals surface area (Å²) < 4.78 is 5.16. The fourth-order valence-electron chi connectivity index (χ4n) is 3.28. The number of carbonyl (C=O) groups excluding carboxylic acids is 1. The SMILES string of the molecule is N#CC1CCCC1N(/C=C/C(N)=O)NC=Nc1ccc2c(c1)B(O)OC2. The summed E-state index contributed by atoms with van der Waals surface area (Å²) in [5.74, 6) is -0.687. The standard InChI is InChI=1S/C17H20BN5O3/c19-9-12-2-1-3-16(12)23(7-6-17(20)24)22-11-21-14-5-4-13-10-26-18(25)15(13)8-14/h4-8,11-12,16,25H,1-3,10H2,(H2,20,24)(H,21,22)/b7-6+. The fourth-order valence-corrected chi connectivity index (χ4v) is 3.28. The van der Waals surface area contributed by atoms with E-state index in [1.165, 1.54) is 18.6 Å². The molecule has 3 rings (SSSR count). The Hall–Kier alpha value is -2.83. The molecule has 1 saturated carbocycles.